The highest BCUT2D eigenvalue weighted by Gasteiger charge is 2.06. The van der Waals surface area contributed by atoms with E-state index in [9.17, 15) is 0 Å². The van der Waals surface area contributed by atoms with Gasteiger partial charge in [0.1, 0.15) is 5.75 Å². The summed E-state index contributed by atoms with van der Waals surface area (Å²) in [4.78, 5) is 6.78. The zero-order chi connectivity index (χ0) is 20.6. The van der Waals surface area contributed by atoms with Crippen LogP contribution in [0.2, 0.25) is 0 Å². The molecule has 1 atom stereocenters. The van der Waals surface area contributed by atoms with Gasteiger partial charge in [0, 0.05) is 26.2 Å². The fourth-order valence-electron chi connectivity index (χ4n) is 2.95. The first kappa shape index (κ1) is 24.2. The summed E-state index contributed by atoms with van der Waals surface area (Å²) in [6, 6.07) is 8.39. The molecule has 1 unspecified atom stereocenters. The minimum atomic E-state index is 0.410. The summed E-state index contributed by atoms with van der Waals surface area (Å²) in [6.45, 7) is 12.3. The van der Waals surface area contributed by atoms with E-state index < -0.39 is 0 Å². The molecular weight excluding hydrogens is 352 g/mol. The molecule has 1 aromatic carbocycles. The van der Waals surface area contributed by atoms with Crippen LogP contribution in [0.3, 0.4) is 0 Å². The van der Waals surface area contributed by atoms with E-state index in [2.05, 4.69) is 41.3 Å². The van der Waals surface area contributed by atoms with Crippen LogP contribution in [0.5, 0.6) is 5.75 Å². The second kappa shape index (κ2) is 15.2. The average molecular weight is 393 g/mol. The van der Waals surface area contributed by atoms with E-state index in [0.717, 1.165) is 62.9 Å². The molecule has 0 amide bonds. The van der Waals surface area contributed by atoms with Crippen molar-refractivity contribution < 1.29 is 9.47 Å². The maximum absolute atomic E-state index is 5.74. The molecule has 0 aliphatic carbocycles. The van der Waals surface area contributed by atoms with Gasteiger partial charge < -0.3 is 25.0 Å². The maximum Gasteiger partial charge on any atom is 0.191 e. The lowest BCUT2D eigenvalue weighted by atomic mass is 10.2. The van der Waals surface area contributed by atoms with Crippen molar-refractivity contribution in [1.82, 2.24) is 15.5 Å². The molecule has 0 saturated heterocycles. The number of aliphatic imine (C=N–C) groups is 1. The summed E-state index contributed by atoms with van der Waals surface area (Å²) >= 11 is 0. The van der Waals surface area contributed by atoms with Crippen LogP contribution < -0.4 is 15.4 Å². The second-order valence-corrected chi connectivity index (χ2v) is 6.97. The Bertz CT molecular complexity index is 530. The molecule has 2 N–H and O–H groups in total. The van der Waals surface area contributed by atoms with E-state index in [1.165, 1.54) is 6.42 Å². The minimum absolute atomic E-state index is 0.410. The Morgan fingerprint density at radius 1 is 1.14 bits per heavy atom. The normalized spacial score (nSPS) is 12.9. The summed E-state index contributed by atoms with van der Waals surface area (Å²) in [6.07, 6.45) is 3.28. The lowest BCUT2D eigenvalue weighted by Crippen LogP contribution is -2.43. The van der Waals surface area contributed by atoms with Gasteiger partial charge in [0.05, 0.1) is 13.7 Å². The number of benzene rings is 1. The van der Waals surface area contributed by atoms with Crippen molar-refractivity contribution in [2.75, 3.05) is 46.9 Å². The van der Waals surface area contributed by atoms with E-state index in [1.807, 2.05) is 31.3 Å². The van der Waals surface area contributed by atoms with E-state index in [0.29, 0.717) is 12.6 Å². The van der Waals surface area contributed by atoms with Gasteiger partial charge in [-0.1, -0.05) is 26.0 Å². The predicted octanol–water partition coefficient (Wildman–Crippen LogP) is 3.28. The Morgan fingerprint density at radius 3 is 2.46 bits per heavy atom. The monoisotopic (exact) mass is 392 g/mol. The van der Waals surface area contributed by atoms with Gasteiger partial charge >= 0.3 is 0 Å². The van der Waals surface area contributed by atoms with Crippen LogP contribution in [-0.2, 0) is 11.3 Å². The molecule has 0 aliphatic rings. The predicted molar refractivity (Wildman–Crippen MR) is 118 cm³/mol. The molecule has 0 aromatic heterocycles. The molecule has 6 nitrogen and oxygen atoms in total. The maximum atomic E-state index is 5.74. The average Bonchev–Trinajstić information content (AvgIpc) is 2.73. The van der Waals surface area contributed by atoms with Crippen LogP contribution >= 0.6 is 0 Å². The third kappa shape index (κ3) is 10.5. The number of nitrogens with zero attached hydrogens (tertiary/aromatic N) is 2. The molecule has 0 fully saturated rings. The molecule has 6 heteroatoms. The standard InChI is InChI=1S/C22H40N4O2/c1-6-26(7-2)16-8-10-19(3)25-22(23-4)24-15-9-17-28-18-20-11-13-21(27-5)14-12-20/h11-14,19H,6-10,15-18H2,1-5H3,(H2,23,24,25). The molecule has 0 saturated carbocycles. The number of rotatable bonds is 14. The van der Waals surface area contributed by atoms with Crippen LogP contribution in [-0.4, -0.2) is 63.8 Å². The molecule has 0 heterocycles. The number of hydrogen-bond donors (Lipinski definition) is 2. The first-order chi connectivity index (χ1) is 13.6. The summed E-state index contributed by atoms with van der Waals surface area (Å²) < 4.78 is 10.9. The van der Waals surface area contributed by atoms with Crippen LogP contribution in [0.1, 0.15) is 45.6 Å². The topological polar surface area (TPSA) is 58.1 Å². The fraction of sp³-hybridized carbons (Fsp3) is 0.682. The van der Waals surface area contributed by atoms with Gasteiger partial charge in [-0.15, -0.1) is 0 Å². The second-order valence-electron chi connectivity index (χ2n) is 6.97. The summed E-state index contributed by atoms with van der Waals surface area (Å²) in [5, 5.41) is 6.84. The van der Waals surface area contributed by atoms with Gasteiger partial charge in [0.2, 0.25) is 0 Å². The number of hydrogen-bond acceptors (Lipinski definition) is 4. The van der Waals surface area contributed by atoms with Crippen molar-refractivity contribution in [3.8, 4) is 5.75 Å². The lowest BCUT2D eigenvalue weighted by molar-refractivity contribution is 0.119. The Labute approximate surface area is 171 Å². The number of nitrogens with one attached hydrogen (secondary N) is 2. The van der Waals surface area contributed by atoms with Crippen molar-refractivity contribution in [3.05, 3.63) is 29.8 Å². The van der Waals surface area contributed by atoms with Crippen LogP contribution in [0.25, 0.3) is 0 Å². The van der Waals surface area contributed by atoms with Crippen molar-refractivity contribution in [2.24, 2.45) is 4.99 Å². The summed E-state index contributed by atoms with van der Waals surface area (Å²) in [5.74, 6) is 1.74. The number of methoxy groups -OCH3 is 1. The molecule has 1 aromatic rings. The molecule has 1 rings (SSSR count). The third-order valence-electron chi connectivity index (χ3n) is 4.80. The molecule has 28 heavy (non-hydrogen) atoms. The smallest absolute Gasteiger partial charge is 0.191 e. The molecule has 0 bridgehead atoms. The van der Waals surface area contributed by atoms with Gasteiger partial charge in [-0.3, -0.25) is 4.99 Å². The highest BCUT2D eigenvalue weighted by Crippen LogP contribution is 2.11. The van der Waals surface area contributed by atoms with Crippen molar-refractivity contribution in [3.63, 3.8) is 0 Å². The van der Waals surface area contributed by atoms with Gasteiger partial charge in [-0.2, -0.15) is 0 Å². The molecular formula is C22H40N4O2. The van der Waals surface area contributed by atoms with Crippen molar-refractivity contribution in [2.45, 2.75) is 52.7 Å². The zero-order valence-corrected chi connectivity index (χ0v) is 18.5. The Morgan fingerprint density at radius 2 is 1.86 bits per heavy atom. The fourth-order valence-corrected chi connectivity index (χ4v) is 2.95. The van der Waals surface area contributed by atoms with Crippen molar-refractivity contribution >= 4 is 5.96 Å². The van der Waals surface area contributed by atoms with Gasteiger partial charge in [-0.05, 0) is 63.5 Å². The largest absolute Gasteiger partial charge is 0.497 e. The highest BCUT2D eigenvalue weighted by atomic mass is 16.5. The summed E-state index contributed by atoms with van der Waals surface area (Å²) in [7, 11) is 3.49. The van der Waals surface area contributed by atoms with E-state index in [4.69, 9.17) is 9.47 Å². The Hall–Kier alpha value is -1.79. The van der Waals surface area contributed by atoms with Crippen molar-refractivity contribution in [1.29, 1.82) is 0 Å². The highest BCUT2D eigenvalue weighted by molar-refractivity contribution is 5.79. The third-order valence-corrected chi connectivity index (χ3v) is 4.80. The van der Waals surface area contributed by atoms with Gasteiger partial charge in [0.25, 0.3) is 0 Å². The van der Waals surface area contributed by atoms with E-state index in [1.54, 1.807) is 7.11 Å². The van der Waals surface area contributed by atoms with Crippen LogP contribution in [0, 0.1) is 0 Å². The van der Waals surface area contributed by atoms with E-state index in [-0.39, 0.29) is 0 Å². The van der Waals surface area contributed by atoms with Gasteiger partial charge in [0.15, 0.2) is 5.96 Å². The number of guanidine groups is 1. The molecule has 160 valence electrons. The van der Waals surface area contributed by atoms with Crippen LogP contribution in [0.15, 0.2) is 29.3 Å². The minimum Gasteiger partial charge on any atom is -0.497 e. The first-order valence-electron chi connectivity index (χ1n) is 10.5. The lowest BCUT2D eigenvalue weighted by Gasteiger charge is -2.21. The van der Waals surface area contributed by atoms with E-state index >= 15 is 0 Å². The Kier molecular flexibility index (Phi) is 13.1. The SMILES string of the molecule is CCN(CC)CCCC(C)NC(=NC)NCCCOCc1ccc(OC)cc1. The molecule has 0 spiro atoms. The Balaban J connectivity index is 2.11. The zero-order valence-electron chi connectivity index (χ0n) is 18.5. The van der Waals surface area contributed by atoms with Gasteiger partial charge in [-0.25, -0.2) is 0 Å². The quantitative estimate of drug-likeness (QED) is 0.289. The molecule has 0 radical (unpaired) electrons. The number of ether oxygens (including phenoxy) is 2. The molecule has 0 aliphatic heterocycles. The van der Waals surface area contributed by atoms with Crippen LogP contribution in [0.4, 0.5) is 0 Å². The summed E-state index contributed by atoms with van der Waals surface area (Å²) in [5.41, 5.74) is 1.16. The first-order valence-corrected chi connectivity index (χ1v) is 10.5.